The molecule has 0 saturated carbocycles. The van der Waals surface area contributed by atoms with Gasteiger partial charge in [0.2, 0.25) is 0 Å². The zero-order chi connectivity index (χ0) is 17.7. The van der Waals surface area contributed by atoms with Gasteiger partial charge >= 0.3 is 5.97 Å². The van der Waals surface area contributed by atoms with Gasteiger partial charge in [-0.05, 0) is 24.1 Å². The molecule has 0 saturated heterocycles. The van der Waals surface area contributed by atoms with E-state index >= 15 is 0 Å². The molecule has 0 aliphatic heterocycles. The van der Waals surface area contributed by atoms with E-state index < -0.39 is 5.97 Å². The number of carbonyl (C=O) groups is 2. The largest absolute Gasteiger partial charge is 0.477 e. The number of aromatic nitrogens is 1. The van der Waals surface area contributed by atoms with Crippen LogP contribution in [0.15, 0.2) is 28.8 Å². The van der Waals surface area contributed by atoms with Gasteiger partial charge in [-0.15, -0.1) is 0 Å². The molecule has 2 aromatic rings. The first-order chi connectivity index (χ1) is 11.5. The fraction of sp³-hybridized carbons (Fsp3) is 0.353. The molecule has 1 aromatic carbocycles. The highest BCUT2D eigenvalue weighted by atomic mass is 16.5. The predicted octanol–water partition coefficient (Wildman–Crippen LogP) is 1.59. The first kappa shape index (κ1) is 17.7. The fourth-order valence-corrected chi connectivity index (χ4v) is 2.39. The second-order valence-corrected chi connectivity index (χ2v) is 5.41. The van der Waals surface area contributed by atoms with E-state index in [1.807, 2.05) is 6.92 Å². The van der Waals surface area contributed by atoms with Crippen molar-refractivity contribution in [2.45, 2.75) is 19.8 Å². The van der Waals surface area contributed by atoms with Gasteiger partial charge in [-0.25, -0.2) is 4.79 Å². The van der Waals surface area contributed by atoms with Crippen molar-refractivity contribution in [2.75, 3.05) is 20.2 Å². The number of aromatic carboxylic acids is 1. The molecule has 0 aliphatic carbocycles. The summed E-state index contributed by atoms with van der Waals surface area (Å²) in [6, 6.07) is 6.84. The second kappa shape index (κ2) is 7.74. The van der Waals surface area contributed by atoms with E-state index in [2.05, 4.69) is 5.16 Å². The molecule has 0 fully saturated rings. The van der Waals surface area contributed by atoms with Crippen LogP contribution in [0.3, 0.4) is 0 Å². The maximum atomic E-state index is 12.1. The zero-order valence-corrected chi connectivity index (χ0v) is 13.7. The van der Waals surface area contributed by atoms with Crippen LogP contribution in [0.4, 0.5) is 0 Å². The van der Waals surface area contributed by atoms with Gasteiger partial charge in [0.1, 0.15) is 5.56 Å². The van der Waals surface area contributed by atoms with Crippen LogP contribution in [0.25, 0.3) is 0 Å². The lowest BCUT2D eigenvalue weighted by atomic mass is 10.0. The van der Waals surface area contributed by atoms with Gasteiger partial charge in [-0.1, -0.05) is 24.2 Å². The number of aryl methyl sites for hydroxylation is 1. The molecule has 7 heteroatoms. The van der Waals surface area contributed by atoms with Gasteiger partial charge in [-0.3, -0.25) is 4.79 Å². The van der Waals surface area contributed by atoms with E-state index in [1.165, 1.54) is 4.90 Å². The minimum absolute atomic E-state index is 0.0937. The number of carboxylic acid groups (broad SMARTS) is 1. The van der Waals surface area contributed by atoms with Gasteiger partial charge in [0, 0.05) is 25.6 Å². The summed E-state index contributed by atoms with van der Waals surface area (Å²) in [5.74, 6) is -0.939. The summed E-state index contributed by atoms with van der Waals surface area (Å²) in [5.41, 5.74) is 1.85. The Morgan fingerprint density at radius 1 is 1.25 bits per heavy atom. The minimum Gasteiger partial charge on any atom is -0.477 e. The number of amides is 1. The molecule has 0 aliphatic rings. The minimum atomic E-state index is -1.06. The molecule has 2 N–H and O–H groups in total. The van der Waals surface area contributed by atoms with Crippen molar-refractivity contribution in [1.29, 1.82) is 0 Å². The van der Waals surface area contributed by atoms with Gasteiger partial charge in [0.05, 0.1) is 12.3 Å². The van der Waals surface area contributed by atoms with Gasteiger partial charge in [0.25, 0.3) is 5.91 Å². The smallest absolute Gasteiger partial charge is 0.341 e. The van der Waals surface area contributed by atoms with Crippen LogP contribution in [0.2, 0.25) is 0 Å². The summed E-state index contributed by atoms with van der Waals surface area (Å²) in [6.45, 7) is 1.99. The number of aliphatic hydroxyl groups excluding tert-OH is 1. The molecule has 7 nitrogen and oxygen atoms in total. The summed E-state index contributed by atoms with van der Waals surface area (Å²) in [7, 11) is 1.62. The number of carboxylic acids is 1. The highest BCUT2D eigenvalue weighted by Crippen LogP contribution is 2.19. The van der Waals surface area contributed by atoms with E-state index in [0.29, 0.717) is 23.4 Å². The van der Waals surface area contributed by atoms with Crippen LogP contribution in [-0.4, -0.2) is 52.3 Å². The number of benzene rings is 1. The quantitative estimate of drug-likeness (QED) is 0.798. The molecule has 0 unspecified atom stereocenters. The number of nitrogens with zero attached hydrogens (tertiary/aromatic N) is 2. The topological polar surface area (TPSA) is 104 Å². The number of rotatable bonds is 7. The third kappa shape index (κ3) is 3.80. The summed E-state index contributed by atoms with van der Waals surface area (Å²) < 4.78 is 5.17. The van der Waals surface area contributed by atoms with E-state index in [1.54, 1.807) is 31.3 Å². The number of likely N-dealkylation sites (N-methyl/N-ethyl adjacent to an activating group) is 1. The summed E-state index contributed by atoms with van der Waals surface area (Å²) in [4.78, 5) is 24.9. The summed E-state index contributed by atoms with van der Waals surface area (Å²) in [6.07, 6.45) is 0.769. The van der Waals surface area contributed by atoms with Crippen molar-refractivity contribution in [3.8, 4) is 0 Å². The van der Waals surface area contributed by atoms with Crippen LogP contribution in [0.5, 0.6) is 0 Å². The molecule has 0 atom stereocenters. The average molecular weight is 332 g/mol. The van der Waals surface area contributed by atoms with Crippen LogP contribution >= 0.6 is 0 Å². The Balaban J connectivity index is 2.17. The molecule has 128 valence electrons. The molecule has 0 radical (unpaired) electrons. The zero-order valence-electron chi connectivity index (χ0n) is 13.7. The summed E-state index contributed by atoms with van der Waals surface area (Å²) in [5, 5.41) is 22.0. The Morgan fingerprint density at radius 3 is 2.46 bits per heavy atom. The highest BCUT2D eigenvalue weighted by molar-refractivity contribution is 5.94. The molecule has 24 heavy (non-hydrogen) atoms. The van der Waals surface area contributed by atoms with Crippen molar-refractivity contribution in [1.82, 2.24) is 10.1 Å². The van der Waals surface area contributed by atoms with E-state index in [-0.39, 0.29) is 31.0 Å². The van der Waals surface area contributed by atoms with Crippen LogP contribution in [0.1, 0.15) is 44.7 Å². The predicted molar refractivity (Wildman–Crippen MR) is 86.1 cm³/mol. The first-order valence-electron chi connectivity index (χ1n) is 7.63. The highest BCUT2D eigenvalue weighted by Gasteiger charge is 2.21. The van der Waals surface area contributed by atoms with Gasteiger partial charge in [-0.2, -0.15) is 0 Å². The molecule has 0 bridgehead atoms. The van der Waals surface area contributed by atoms with E-state index in [9.17, 15) is 14.7 Å². The third-order valence-electron chi connectivity index (χ3n) is 3.73. The number of hydrogen-bond acceptors (Lipinski definition) is 5. The van der Waals surface area contributed by atoms with Crippen molar-refractivity contribution < 1.29 is 24.3 Å². The van der Waals surface area contributed by atoms with Crippen molar-refractivity contribution >= 4 is 11.9 Å². The summed E-state index contributed by atoms with van der Waals surface area (Å²) >= 11 is 0. The Bertz CT molecular complexity index is 721. The normalized spacial score (nSPS) is 10.6. The standard InChI is InChI=1S/C17H20N2O5/c1-3-13-15(17(22)23)14(24-18-13)10-11-4-6-12(7-5-11)16(21)19(2)8-9-20/h4-7,20H,3,8-10H2,1-2H3,(H,22,23). The van der Waals surface area contributed by atoms with Gasteiger partial charge < -0.3 is 19.6 Å². The lowest BCUT2D eigenvalue weighted by Gasteiger charge is -2.15. The van der Waals surface area contributed by atoms with Crippen molar-refractivity contribution in [3.05, 3.63) is 52.4 Å². The molecular weight excluding hydrogens is 312 g/mol. The molecule has 1 heterocycles. The monoisotopic (exact) mass is 332 g/mol. The van der Waals surface area contributed by atoms with Crippen molar-refractivity contribution in [3.63, 3.8) is 0 Å². The molecule has 2 rings (SSSR count). The lowest BCUT2D eigenvalue weighted by Crippen LogP contribution is -2.29. The van der Waals surface area contributed by atoms with Gasteiger partial charge in [0.15, 0.2) is 5.76 Å². The molecule has 1 amide bonds. The molecule has 1 aromatic heterocycles. The Kier molecular flexibility index (Phi) is 5.70. The molecular formula is C17H20N2O5. The Labute approximate surface area is 139 Å². The first-order valence-corrected chi connectivity index (χ1v) is 7.63. The Hall–Kier alpha value is -2.67. The molecule has 0 spiro atoms. The number of aliphatic hydroxyl groups is 1. The van der Waals surface area contributed by atoms with Crippen molar-refractivity contribution in [2.24, 2.45) is 0 Å². The third-order valence-corrected chi connectivity index (χ3v) is 3.73. The lowest BCUT2D eigenvalue weighted by molar-refractivity contribution is 0.0693. The maximum Gasteiger partial charge on any atom is 0.341 e. The SMILES string of the molecule is CCc1noc(Cc2ccc(C(=O)N(C)CCO)cc2)c1C(=O)O. The van der Waals surface area contributed by atoms with Crippen LogP contribution in [-0.2, 0) is 12.8 Å². The van der Waals surface area contributed by atoms with E-state index in [4.69, 9.17) is 9.63 Å². The second-order valence-electron chi connectivity index (χ2n) is 5.41. The van der Waals surface area contributed by atoms with E-state index in [0.717, 1.165) is 5.56 Å². The van der Waals surface area contributed by atoms with Crippen LogP contribution < -0.4 is 0 Å². The average Bonchev–Trinajstić information content (AvgIpc) is 2.98. The van der Waals surface area contributed by atoms with Crippen LogP contribution in [0, 0.1) is 0 Å². The number of carbonyl (C=O) groups excluding carboxylic acids is 1. The fourth-order valence-electron chi connectivity index (χ4n) is 2.39. The Morgan fingerprint density at radius 2 is 1.92 bits per heavy atom. The maximum absolute atomic E-state index is 12.1. The number of hydrogen-bond donors (Lipinski definition) is 2.